The van der Waals surface area contributed by atoms with E-state index in [1.54, 1.807) is 28.6 Å². The number of rotatable bonds is 7. The number of aryl methyl sites for hydroxylation is 1. The summed E-state index contributed by atoms with van der Waals surface area (Å²) in [6.07, 6.45) is 4.27. The van der Waals surface area contributed by atoms with Crippen molar-refractivity contribution in [2.24, 2.45) is 5.92 Å². The van der Waals surface area contributed by atoms with Crippen LogP contribution in [-0.2, 0) is 23.0 Å². The number of hydrogen-bond donors (Lipinski definition) is 1. The number of nitrogens with one attached hydrogen (secondary N) is 1. The third kappa shape index (κ3) is 4.42. The highest BCUT2D eigenvalue weighted by atomic mass is 35.5. The normalized spacial score (nSPS) is 18.4. The molecule has 1 unspecified atom stereocenters. The lowest BCUT2D eigenvalue weighted by atomic mass is 9.93. The van der Waals surface area contributed by atoms with E-state index in [0.29, 0.717) is 5.02 Å². The Bertz CT molecular complexity index is 1190. The lowest BCUT2D eigenvalue weighted by Crippen LogP contribution is -2.38. The molecule has 0 saturated heterocycles. The maximum Gasteiger partial charge on any atom is 0.264 e. The molecule has 2 aliphatic rings. The van der Waals surface area contributed by atoms with Crippen molar-refractivity contribution in [2.45, 2.75) is 43.2 Å². The Morgan fingerprint density at radius 2 is 1.62 bits per heavy atom. The van der Waals surface area contributed by atoms with Gasteiger partial charge in [-0.15, -0.1) is 0 Å². The van der Waals surface area contributed by atoms with Gasteiger partial charge in [0.05, 0.1) is 16.6 Å². The van der Waals surface area contributed by atoms with Crippen molar-refractivity contribution in [1.29, 1.82) is 0 Å². The first-order valence-corrected chi connectivity index (χ1v) is 13.0. The number of halogens is 1. The minimum Gasteiger partial charge on any atom is -0.312 e. The van der Waals surface area contributed by atoms with Crippen LogP contribution in [-0.4, -0.2) is 15.0 Å². The van der Waals surface area contributed by atoms with E-state index in [9.17, 15) is 8.42 Å². The highest BCUT2D eigenvalue weighted by Crippen LogP contribution is 2.42. The molecule has 0 aromatic heterocycles. The van der Waals surface area contributed by atoms with Crippen molar-refractivity contribution >= 4 is 27.3 Å². The number of hydrogen-bond acceptors (Lipinski definition) is 3. The zero-order valence-corrected chi connectivity index (χ0v) is 19.4. The largest absolute Gasteiger partial charge is 0.312 e. The van der Waals surface area contributed by atoms with Gasteiger partial charge in [0.2, 0.25) is 0 Å². The molecular formula is C26H27ClN2O2S. The van der Waals surface area contributed by atoms with Crippen LogP contribution in [0.25, 0.3) is 0 Å². The molecule has 1 N–H and O–H groups in total. The third-order valence-electron chi connectivity index (χ3n) is 6.39. The number of sulfonamides is 1. The Morgan fingerprint density at radius 3 is 2.34 bits per heavy atom. The summed E-state index contributed by atoms with van der Waals surface area (Å²) in [6.45, 7) is 1.92. The third-order valence-corrected chi connectivity index (χ3v) is 8.48. The van der Waals surface area contributed by atoms with Crippen molar-refractivity contribution in [1.82, 2.24) is 5.32 Å². The summed E-state index contributed by atoms with van der Waals surface area (Å²) >= 11 is 6.01. The molecule has 1 aliphatic carbocycles. The second-order valence-electron chi connectivity index (χ2n) is 8.75. The molecule has 1 atom stereocenters. The van der Waals surface area contributed by atoms with Gasteiger partial charge < -0.3 is 5.32 Å². The maximum atomic E-state index is 13.8. The van der Waals surface area contributed by atoms with Gasteiger partial charge in [0.25, 0.3) is 10.0 Å². The van der Waals surface area contributed by atoms with Crippen LogP contribution in [0.2, 0.25) is 5.02 Å². The highest BCUT2D eigenvalue weighted by molar-refractivity contribution is 7.92. The Hall–Kier alpha value is -2.34. The lowest BCUT2D eigenvalue weighted by Gasteiger charge is -2.38. The van der Waals surface area contributed by atoms with Crippen LogP contribution in [0, 0.1) is 5.92 Å². The number of para-hydroxylation sites is 1. The molecule has 0 bridgehead atoms. The summed E-state index contributed by atoms with van der Waals surface area (Å²) in [5.74, 6) is 0.850. The van der Waals surface area contributed by atoms with Crippen molar-refractivity contribution < 1.29 is 8.42 Å². The fourth-order valence-corrected chi connectivity index (χ4v) is 6.27. The van der Waals surface area contributed by atoms with Gasteiger partial charge in [0, 0.05) is 11.6 Å². The molecule has 1 saturated carbocycles. The molecule has 4 nitrogen and oxygen atoms in total. The Labute approximate surface area is 195 Å². The van der Waals surface area contributed by atoms with Crippen LogP contribution in [0.4, 0.5) is 5.69 Å². The number of benzene rings is 3. The molecule has 166 valence electrons. The summed E-state index contributed by atoms with van der Waals surface area (Å²) < 4.78 is 29.2. The van der Waals surface area contributed by atoms with E-state index < -0.39 is 10.0 Å². The van der Waals surface area contributed by atoms with Gasteiger partial charge in [0.1, 0.15) is 0 Å². The van der Waals surface area contributed by atoms with Crippen molar-refractivity contribution in [3.8, 4) is 0 Å². The average molecular weight is 467 g/mol. The van der Waals surface area contributed by atoms with Gasteiger partial charge in [-0.1, -0.05) is 54.1 Å². The predicted octanol–water partition coefficient (Wildman–Crippen LogP) is 5.72. The topological polar surface area (TPSA) is 49.4 Å². The molecule has 1 fully saturated rings. The molecule has 32 heavy (non-hydrogen) atoms. The first-order valence-electron chi connectivity index (χ1n) is 11.2. The molecule has 0 amide bonds. The van der Waals surface area contributed by atoms with Crippen LogP contribution < -0.4 is 9.62 Å². The second-order valence-corrected chi connectivity index (χ2v) is 11.0. The van der Waals surface area contributed by atoms with Gasteiger partial charge in [-0.05, 0) is 85.2 Å². The minimum atomic E-state index is -3.75. The van der Waals surface area contributed by atoms with E-state index in [1.165, 1.54) is 18.4 Å². The molecular weight excluding hydrogens is 440 g/mol. The van der Waals surface area contributed by atoms with E-state index in [4.69, 9.17) is 11.6 Å². The average Bonchev–Trinajstić information content (AvgIpc) is 3.63. The summed E-state index contributed by atoms with van der Waals surface area (Å²) in [7, 11) is -3.75. The molecule has 3 aromatic carbocycles. The second kappa shape index (κ2) is 8.89. The van der Waals surface area contributed by atoms with Crippen molar-refractivity contribution in [3.05, 3.63) is 94.5 Å². The van der Waals surface area contributed by atoms with Crippen molar-refractivity contribution in [3.63, 3.8) is 0 Å². The van der Waals surface area contributed by atoms with Crippen LogP contribution in [0.5, 0.6) is 0 Å². The Kier molecular flexibility index (Phi) is 5.97. The van der Waals surface area contributed by atoms with E-state index in [1.807, 2.05) is 24.3 Å². The summed E-state index contributed by atoms with van der Waals surface area (Å²) in [5.41, 5.74) is 4.05. The SMILES string of the molecule is O=S(=O)(c1ccc(Cl)cc1)N1c2ccccc2CCC1c1ccc(CNCC2CC2)cc1. The molecule has 5 rings (SSSR count). The molecule has 3 aromatic rings. The quantitative estimate of drug-likeness (QED) is 0.484. The monoisotopic (exact) mass is 466 g/mol. The summed E-state index contributed by atoms with van der Waals surface area (Å²) in [5, 5.41) is 4.04. The van der Waals surface area contributed by atoms with E-state index in [0.717, 1.165) is 48.7 Å². The van der Waals surface area contributed by atoms with E-state index in [2.05, 4.69) is 29.6 Å². The molecule has 0 radical (unpaired) electrons. The van der Waals surface area contributed by atoms with Gasteiger partial charge in [-0.2, -0.15) is 0 Å². The minimum absolute atomic E-state index is 0.251. The van der Waals surface area contributed by atoms with Crippen LogP contribution in [0.1, 0.15) is 42.0 Å². The molecule has 1 heterocycles. The standard InChI is InChI=1S/C26H27ClN2O2S/c27-23-12-14-24(15-13-23)32(30,31)29-25-4-2-1-3-21(25)11-16-26(29)22-9-7-20(8-10-22)18-28-17-19-5-6-19/h1-4,7-10,12-15,19,26,28H,5-6,11,16-18H2. The molecule has 6 heteroatoms. The Morgan fingerprint density at radius 1 is 0.906 bits per heavy atom. The van der Waals surface area contributed by atoms with Crippen LogP contribution in [0.3, 0.4) is 0 Å². The summed E-state index contributed by atoms with van der Waals surface area (Å²) in [4.78, 5) is 0.254. The van der Waals surface area contributed by atoms with Gasteiger partial charge in [-0.25, -0.2) is 8.42 Å². The van der Waals surface area contributed by atoms with Gasteiger partial charge in [0.15, 0.2) is 0 Å². The zero-order chi connectivity index (χ0) is 22.1. The van der Waals surface area contributed by atoms with E-state index >= 15 is 0 Å². The fraction of sp³-hybridized carbons (Fsp3) is 0.308. The lowest BCUT2D eigenvalue weighted by molar-refractivity contribution is 0.557. The summed E-state index contributed by atoms with van der Waals surface area (Å²) in [6, 6.07) is 22.4. The van der Waals surface area contributed by atoms with Crippen LogP contribution >= 0.6 is 11.6 Å². The number of nitrogens with zero attached hydrogens (tertiary/aromatic N) is 1. The first-order chi connectivity index (χ1) is 15.5. The number of anilines is 1. The number of fused-ring (bicyclic) bond motifs is 1. The van der Waals surface area contributed by atoms with Crippen LogP contribution in [0.15, 0.2) is 77.7 Å². The van der Waals surface area contributed by atoms with Crippen molar-refractivity contribution in [2.75, 3.05) is 10.8 Å². The smallest absolute Gasteiger partial charge is 0.264 e. The van der Waals surface area contributed by atoms with Gasteiger partial charge in [-0.3, -0.25) is 4.31 Å². The molecule has 1 aliphatic heterocycles. The molecule has 0 spiro atoms. The maximum absolute atomic E-state index is 13.8. The van der Waals surface area contributed by atoms with E-state index in [-0.39, 0.29) is 10.9 Å². The fourth-order valence-electron chi connectivity index (χ4n) is 4.43. The highest BCUT2D eigenvalue weighted by Gasteiger charge is 2.36. The Balaban J connectivity index is 1.47. The first kappa shape index (κ1) is 21.5. The predicted molar refractivity (Wildman–Crippen MR) is 129 cm³/mol. The van der Waals surface area contributed by atoms with Gasteiger partial charge >= 0.3 is 0 Å². The zero-order valence-electron chi connectivity index (χ0n) is 17.9.